The molecule has 94 valence electrons. The van der Waals surface area contributed by atoms with Crippen LogP contribution in [0.2, 0.25) is 0 Å². The molecular formula is C13H25NO2. The Hall–Kier alpha value is -0.830. The molecule has 0 saturated carbocycles. The summed E-state index contributed by atoms with van der Waals surface area (Å²) in [5.74, 6) is -0.199. The maximum atomic E-state index is 11.4. The van der Waals surface area contributed by atoms with Crippen molar-refractivity contribution in [1.29, 1.82) is 0 Å². The van der Waals surface area contributed by atoms with Crippen molar-refractivity contribution in [2.45, 2.75) is 40.0 Å². The van der Waals surface area contributed by atoms with E-state index in [1.165, 1.54) is 7.11 Å². The molecule has 0 rings (SSSR count). The quantitative estimate of drug-likeness (QED) is 0.471. The van der Waals surface area contributed by atoms with Crippen LogP contribution in [0.1, 0.15) is 40.0 Å². The lowest BCUT2D eigenvalue weighted by molar-refractivity contribution is -0.136. The second-order valence-corrected chi connectivity index (χ2v) is 3.88. The van der Waals surface area contributed by atoms with Crippen LogP contribution in [-0.4, -0.2) is 37.6 Å². The summed E-state index contributed by atoms with van der Waals surface area (Å²) in [7, 11) is 1.43. The fraction of sp³-hybridized carbons (Fsp3) is 0.769. The van der Waals surface area contributed by atoms with Crippen molar-refractivity contribution >= 4 is 5.97 Å². The van der Waals surface area contributed by atoms with Crippen molar-refractivity contribution in [3.05, 3.63) is 11.6 Å². The van der Waals surface area contributed by atoms with Crippen molar-refractivity contribution < 1.29 is 9.53 Å². The monoisotopic (exact) mass is 227 g/mol. The topological polar surface area (TPSA) is 29.5 Å². The van der Waals surface area contributed by atoms with E-state index >= 15 is 0 Å². The third-order valence-corrected chi connectivity index (χ3v) is 2.50. The van der Waals surface area contributed by atoms with Crippen LogP contribution < -0.4 is 0 Å². The third-order valence-electron chi connectivity index (χ3n) is 2.50. The lowest BCUT2D eigenvalue weighted by Gasteiger charge is -2.19. The van der Waals surface area contributed by atoms with Gasteiger partial charge in [0.1, 0.15) is 0 Å². The summed E-state index contributed by atoms with van der Waals surface area (Å²) in [4.78, 5) is 13.7. The fourth-order valence-electron chi connectivity index (χ4n) is 1.67. The average Bonchev–Trinajstić information content (AvgIpc) is 2.29. The molecule has 0 bridgehead atoms. The standard InChI is InChI=1S/C13H25NO2/c1-5-9-14(10-6-2)11-8-12(7-3)13(15)16-4/h8H,5-7,9-11H2,1-4H3. The molecule has 0 radical (unpaired) electrons. The zero-order valence-corrected chi connectivity index (χ0v) is 11.1. The minimum Gasteiger partial charge on any atom is -0.466 e. The molecule has 0 amide bonds. The van der Waals surface area contributed by atoms with Gasteiger partial charge in [0.2, 0.25) is 0 Å². The van der Waals surface area contributed by atoms with Gasteiger partial charge < -0.3 is 4.74 Å². The first-order valence-corrected chi connectivity index (χ1v) is 6.19. The molecule has 0 aliphatic rings. The molecule has 0 aliphatic carbocycles. The molecule has 0 fully saturated rings. The second-order valence-electron chi connectivity index (χ2n) is 3.88. The molecule has 0 unspecified atom stereocenters. The lowest BCUT2D eigenvalue weighted by atomic mass is 10.2. The Balaban J connectivity index is 4.30. The van der Waals surface area contributed by atoms with Gasteiger partial charge in [-0.05, 0) is 32.4 Å². The summed E-state index contributed by atoms with van der Waals surface area (Å²) in [5.41, 5.74) is 0.778. The number of carbonyl (C=O) groups is 1. The predicted molar refractivity (Wildman–Crippen MR) is 67.4 cm³/mol. The normalized spacial score (nSPS) is 11.9. The first kappa shape index (κ1) is 15.2. The van der Waals surface area contributed by atoms with Gasteiger partial charge in [0.05, 0.1) is 7.11 Å². The van der Waals surface area contributed by atoms with E-state index in [4.69, 9.17) is 4.74 Å². The van der Waals surface area contributed by atoms with Crippen LogP contribution in [0.15, 0.2) is 11.6 Å². The fourth-order valence-corrected chi connectivity index (χ4v) is 1.67. The van der Waals surface area contributed by atoms with Crippen molar-refractivity contribution in [3.63, 3.8) is 0 Å². The maximum Gasteiger partial charge on any atom is 0.333 e. The van der Waals surface area contributed by atoms with Crippen LogP contribution >= 0.6 is 0 Å². The summed E-state index contributed by atoms with van der Waals surface area (Å²) in [6.07, 6.45) is 5.02. The number of hydrogen-bond acceptors (Lipinski definition) is 3. The van der Waals surface area contributed by atoms with Gasteiger partial charge >= 0.3 is 5.97 Å². The van der Waals surface area contributed by atoms with E-state index in [0.717, 1.165) is 44.5 Å². The van der Waals surface area contributed by atoms with Crippen molar-refractivity contribution in [2.24, 2.45) is 0 Å². The molecule has 3 heteroatoms. The Kier molecular flexibility index (Phi) is 8.91. The van der Waals surface area contributed by atoms with Gasteiger partial charge in [-0.15, -0.1) is 0 Å². The number of ether oxygens (including phenoxy) is 1. The molecule has 16 heavy (non-hydrogen) atoms. The van der Waals surface area contributed by atoms with E-state index in [-0.39, 0.29) is 5.97 Å². The predicted octanol–water partition coefficient (Wildman–Crippen LogP) is 2.62. The smallest absolute Gasteiger partial charge is 0.333 e. The molecule has 0 N–H and O–H groups in total. The molecule has 0 atom stereocenters. The average molecular weight is 227 g/mol. The number of rotatable bonds is 8. The van der Waals surface area contributed by atoms with Crippen molar-refractivity contribution in [3.8, 4) is 0 Å². The summed E-state index contributed by atoms with van der Waals surface area (Å²) in [5, 5.41) is 0. The highest BCUT2D eigenvalue weighted by atomic mass is 16.5. The third kappa shape index (κ3) is 5.91. The zero-order valence-electron chi connectivity index (χ0n) is 11.1. The summed E-state index contributed by atoms with van der Waals surface area (Å²) in [6, 6.07) is 0. The van der Waals surface area contributed by atoms with Gasteiger partial charge in [-0.3, -0.25) is 4.90 Å². The Bertz CT molecular complexity index is 218. The van der Waals surface area contributed by atoms with Crippen LogP contribution in [0.3, 0.4) is 0 Å². The highest BCUT2D eigenvalue weighted by molar-refractivity contribution is 5.88. The van der Waals surface area contributed by atoms with Crippen LogP contribution in [-0.2, 0) is 9.53 Å². The van der Waals surface area contributed by atoms with Gasteiger partial charge in [-0.2, -0.15) is 0 Å². The molecule has 0 aliphatic heterocycles. The summed E-state index contributed by atoms with van der Waals surface area (Å²) >= 11 is 0. The van der Waals surface area contributed by atoms with Crippen LogP contribution in [0, 0.1) is 0 Å². The highest BCUT2D eigenvalue weighted by Crippen LogP contribution is 2.04. The van der Waals surface area contributed by atoms with Crippen LogP contribution in [0.4, 0.5) is 0 Å². The van der Waals surface area contributed by atoms with Gasteiger partial charge in [-0.25, -0.2) is 4.79 Å². The minimum atomic E-state index is -0.199. The molecule has 0 saturated heterocycles. The van der Waals surface area contributed by atoms with Gasteiger partial charge in [0, 0.05) is 12.1 Å². The summed E-state index contributed by atoms with van der Waals surface area (Å²) in [6.45, 7) is 9.35. The van der Waals surface area contributed by atoms with Crippen molar-refractivity contribution in [1.82, 2.24) is 4.90 Å². The molecule has 0 spiro atoms. The number of esters is 1. The molecular weight excluding hydrogens is 202 g/mol. The molecule has 0 aromatic heterocycles. The second kappa shape index (κ2) is 9.40. The van der Waals surface area contributed by atoms with E-state index in [1.54, 1.807) is 0 Å². The van der Waals surface area contributed by atoms with E-state index in [9.17, 15) is 4.79 Å². The van der Waals surface area contributed by atoms with E-state index in [2.05, 4.69) is 18.7 Å². The molecule has 3 nitrogen and oxygen atoms in total. The Morgan fingerprint density at radius 1 is 1.19 bits per heavy atom. The van der Waals surface area contributed by atoms with Gasteiger partial charge in [0.15, 0.2) is 0 Å². The maximum absolute atomic E-state index is 11.4. The SMILES string of the molecule is CCCN(CC=C(CC)C(=O)OC)CCC. The zero-order chi connectivity index (χ0) is 12.4. The van der Waals surface area contributed by atoms with Crippen LogP contribution in [0.5, 0.6) is 0 Å². The molecule has 0 heterocycles. The minimum absolute atomic E-state index is 0.199. The highest BCUT2D eigenvalue weighted by Gasteiger charge is 2.07. The lowest BCUT2D eigenvalue weighted by Crippen LogP contribution is -2.26. The van der Waals surface area contributed by atoms with Crippen LogP contribution in [0.25, 0.3) is 0 Å². The molecule has 0 aromatic carbocycles. The Morgan fingerprint density at radius 2 is 1.75 bits per heavy atom. The first-order chi connectivity index (χ1) is 7.69. The first-order valence-electron chi connectivity index (χ1n) is 6.19. The van der Waals surface area contributed by atoms with E-state index < -0.39 is 0 Å². The molecule has 0 aromatic rings. The van der Waals surface area contributed by atoms with Crippen molar-refractivity contribution in [2.75, 3.05) is 26.7 Å². The van der Waals surface area contributed by atoms with E-state index in [1.807, 2.05) is 13.0 Å². The summed E-state index contributed by atoms with van der Waals surface area (Å²) < 4.78 is 4.73. The Labute approximate surface area is 99.5 Å². The largest absolute Gasteiger partial charge is 0.466 e. The number of carbonyl (C=O) groups excluding carboxylic acids is 1. The number of methoxy groups -OCH3 is 1. The number of nitrogens with zero attached hydrogens (tertiary/aromatic N) is 1. The Morgan fingerprint density at radius 3 is 2.12 bits per heavy atom. The van der Waals surface area contributed by atoms with Gasteiger partial charge in [0.25, 0.3) is 0 Å². The number of hydrogen-bond donors (Lipinski definition) is 0. The van der Waals surface area contributed by atoms with E-state index in [0.29, 0.717) is 0 Å². The van der Waals surface area contributed by atoms with Gasteiger partial charge in [-0.1, -0.05) is 26.8 Å².